The minimum Gasteiger partial charge on any atom is -0.465 e. The summed E-state index contributed by atoms with van der Waals surface area (Å²) in [4.78, 5) is 12.5. The molecule has 0 saturated heterocycles. The standard InChI is InChI=1S/C12H10O2S/c1-14-12(13)10-5-2-4-9(8-10)11-6-3-7-15-11/h2-8H,1H3. The van der Waals surface area contributed by atoms with Crippen LogP contribution in [0.5, 0.6) is 0 Å². The highest BCUT2D eigenvalue weighted by Gasteiger charge is 2.06. The summed E-state index contributed by atoms with van der Waals surface area (Å²) in [7, 11) is 1.39. The van der Waals surface area contributed by atoms with E-state index in [1.165, 1.54) is 7.11 Å². The Bertz CT molecular complexity index is 460. The van der Waals surface area contributed by atoms with Crippen molar-refractivity contribution < 1.29 is 9.53 Å². The summed E-state index contributed by atoms with van der Waals surface area (Å²) in [5, 5.41) is 2.01. The Kier molecular flexibility index (Phi) is 2.83. The minimum absolute atomic E-state index is 0.298. The van der Waals surface area contributed by atoms with Crippen molar-refractivity contribution >= 4 is 17.3 Å². The van der Waals surface area contributed by atoms with Crippen LogP contribution in [0.4, 0.5) is 0 Å². The molecule has 0 N–H and O–H groups in total. The fraction of sp³-hybridized carbons (Fsp3) is 0.0833. The Morgan fingerprint density at radius 3 is 2.80 bits per heavy atom. The van der Waals surface area contributed by atoms with Gasteiger partial charge in [-0.05, 0) is 29.1 Å². The van der Waals surface area contributed by atoms with Crippen LogP contribution in [0.25, 0.3) is 10.4 Å². The molecule has 1 aromatic carbocycles. The van der Waals surface area contributed by atoms with Gasteiger partial charge in [-0.15, -0.1) is 11.3 Å². The molecule has 0 atom stereocenters. The number of benzene rings is 1. The lowest BCUT2D eigenvalue weighted by molar-refractivity contribution is 0.0601. The number of carbonyl (C=O) groups excluding carboxylic acids is 1. The largest absolute Gasteiger partial charge is 0.465 e. The van der Waals surface area contributed by atoms with E-state index in [2.05, 4.69) is 4.74 Å². The molecule has 0 radical (unpaired) electrons. The molecule has 0 unspecified atom stereocenters. The molecule has 2 rings (SSSR count). The molecule has 2 nitrogen and oxygen atoms in total. The van der Waals surface area contributed by atoms with E-state index >= 15 is 0 Å². The lowest BCUT2D eigenvalue weighted by atomic mass is 10.1. The average molecular weight is 218 g/mol. The van der Waals surface area contributed by atoms with E-state index in [9.17, 15) is 4.79 Å². The first-order chi connectivity index (χ1) is 7.31. The van der Waals surface area contributed by atoms with Crippen molar-refractivity contribution in [3.05, 3.63) is 47.3 Å². The van der Waals surface area contributed by atoms with Crippen LogP contribution in [-0.2, 0) is 4.74 Å². The van der Waals surface area contributed by atoms with Crippen molar-refractivity contribution in [2.75, 3.05) is 7.11 Å². The maximum absolute atomic E-state index is 11.3. The van der Waals surface area contributed by atoms with E-state index in [0.717, 1.165) is 10.4 Å². The monoisotopic (exact) mass is 218 g/mol. The molecule has 2 aromatic rings. The zero-order valence-electron chi connectivity index (χ0n) is 8.27. The molecular weight excluding hydrogens is 208 g/mol. The van der Waals surface area contributed by atoms with Crippen LogP contribution in [0.1, 0.15) is 10.4 Å². The molecule has 15 heavy (non-hydrogen) atoms. The normalized spacial score (nSPS) is 9.93. The second kappa shape index (κ2) is 4.28. The van der Waals surface area contributed by atoms with Gasteiger partial charge in [0.25, 0.3) is 0 Å². The summed E-state index contributed by atoms with van der Waals surface area (Å²) >= 11 is 1.65. The van der Waals surface area contributed by atoms with E-state index in [1.807, 2.05) is 35.7 Å². The van der Waals surface area contributed by atoms with Gasteiger partial charge in [0.15, 0.2) is 0 Å². The van der Waals surface area contributed by atoms with Crippen LogP contribution in [-0.4, -0.2) is 13.1 Å². The predicted molar refractivity (Wildman–Crippen MR) is 61.1 cm³/mol. The summed E-state index contributed by atoms with van der Waals surface area (Å²) in [6.45, 7) is 0. The molecule has 0 aliphatic carbocycles. The first-order valence-electron chi connectivity index (χ1n) is 4.53. The van der Waals surface area contributed by atoms with Crippen LogP contribution in [0.3, 0.4) is 0 Å². The highest BCUT2D eigenvalue weighted by Crippen LogP contribution is 2.25. The third kappa shape index (κ3) is 2.07. The number of methoxy groups -OCH3 is 1. The average Bonchev–Trinajstić information content (AvgIpc) is 2.82. The SMILES string of the molecule is COC(=O)c1cccc(-c2cccs2)c1. The summed E-state index contributed by atoms with van der Waals surface area (Å²) < 4.78 is 4.67. The molecule has 76 valence electrons. The van der Waals surface area contributed by atoms with Gasteiger partial charge in [-0.25, -0.2) is 4.79 Å². The van der Waals surface area contributed by atoms with Crippen LogP contribution in [0.2, 0.25) is 0 Å². The number of carbonyl (C=O) groups is 1. The summed E-state index contributed by atoms with van der Waals surface area (Å²) in [6, 6.07) is 11.5. The lowest BCUT2D eigenvalue weighted by Gasteiger charge is -2.01. The summed E-state index contributed by atoms with van der Waals surface area (Å²) in [6.07, 6.45) is 0. The van der Waals surface area contributed by atoms with Gasteiger partial charge in [0, 0.05) is 4.88 Å². The molecule has 0 bridgehead atoms. The van der Waals surface area contributed by atoms with Crippen molar-refractivity contribution in [1.29, 1.82) is 0 Å². The zero-order valence-corrected chi connectivity index (χ0v) is 9.08. The van der Waals surface area contributed by atoms with Gasteiger partial charge >= 0.3 is 5.97 Å². The van der Waals surface area contributed by atoms with Crippen LogP contribution in [0, 0.1) is 0 Å². The van der Waals surface area contributed by atoms with Crippen LogP contribution < -0.4 is 0 Å². The Morgan fingerprint density at radius 1 is 1.27 bits per heavy atom. The maximum Gasteiger partial charge on any atom is 0.337 e. The van der Waals surface area contributed by atoms with E-state index in [1.54, 1.807) is 17.4 Å². The maximum atomic E-state index is 11.3. The highest BCUT2D eigenvalue weighted by molar-refractivity contribution is 7.13. The smallest absolute Gasteiger partial charge is 0.337 e. The van der Waals surface area contributed by atoms with Gasteiger partial charge in [-0.1, -0.05) is 18.2 Å². The Balaban J connectivity index is 2.39. The number of ether oxygens (including phenoxy) is 1. The van der Waals surface area contributed by atoms with Gasteiger partial charge in [-0.2, -0.15) is 0 Å². The van der Waals surface area contributed by atoms with Gasteiger partial charge in [0.1, 0.15) is 0 Å². The quantitative estimate of drug-likeness (QED) is 0.723. The van der Waals surface area contributed by atoms with Gasteiger partial charge in [-0.3, -0.25) is 0 Å². The van der Waals surface area contributed by atoms with Crippen molar-refractivity contribution in [3.8, 4) is 10.4 Å². The third-order valence-electron chi connectivity index (χ3n) is 2.09. The molecule has 0 saturated carbocycles. The Morgan fingerprint density at radius 2 is 2.13 bits per heavy atom. The third-order valence-corrected chi connectivity index (χ3v) is 3.01. The first kappa shape index (κ1) is 9.93. The summed E-state index contributed by atoms with van der Waals surface area (Å²) in [5.74, 6) is -0.298. The fourth-order valence-electron chi connectivity index (χ4n) is 1.36. The molecule has 1 aromatic heterocycles. The van der Waals surface area contributed by atoms with Gasteiger partial charge in [0.05, 0.1) is 12.7 Å². The molecule has 3 heteroatoms. The molecule has 0 aliphatic rings. The van der Waals surface area contributed by atoms with Crippen LogP contribution in [0.15, 0.2) is 41.8 Å². The van der Waals surface area contributed by atoms with Gasteiger partial charge in [0.2, 0.25) is 0 Å². The Hall–Kier alpha value is -1.61. The number of thiophene rings is 1. The van der Waals surface area contributed by atoms with E-state index < -0.39 is 0 Å². The molecule has 1 heterocycles. The topological polar surface area (TPSA) is 26.3 Å². The number of esters is 1. The van der Waals surface area contributed by atoms with Crippen molar-refractivity contribution in [3.63, 3.8) is 0 Å². The first-order valence-corrected chi connectivity index (χ1v) is 5.41. The minimum atomic E-state index is -0.298. The van der Waals surface area contributed by atoms with E-state index in [0.29, 0.717) is 5.56 Å². The zero-order chi connectivity index (χ0) is 10.7. The van der Waals surface area contributed by atoms with E-state index in [4.69, 9.17) is 0 Å². The second-order valence-electron chi connectivity index (χ2n) is 3.05. The van der Waals surface area contributed by atoms with Crippen molar-refractivity contribution in [1.82, 2.24) is 0 Å². The fourth-order valence-corrected chi connectivity index (χ4v) is 2.08. The molecular formula is C12H10O2S. The molecule has 0 aliphatic heterocycles. The second-order valence-corrected chi connectivity index (χ2v) is 4.00. The van der Waals surface area contributed by atoms with Gasteiger partial charge < -0.3 is 4.74 Å². The molecule has 0 amide bonds. The number of hydrogen-bond donors (Lipinski definition) is 0. The Labute approximate surface area is 92.1 Å². The molecule has 0 spiro atoms. The van der Waals surface area contributed by atoms with E-state index in [-0.39, 0.29) is 5.97 Å². The van der Waals surface area contributed by atoms with Crippen LogP contribution >= 0.6 is 11.3 Å². The number of rotatable bonds is 2. The van der Waals surface area contributed by atoms with Crippen molar-refractivity contribution in [2.24, 2.45) is 0 Å². The highest BCUT2D eigenvalue weighted by atomic mass is 32.1. The predicted octanol–water partition coefficient (Wildman–Crippen LogP) is 3.20. The van der Waals surface area contributed by atoms with Crippen molar-refractivity contribution in [2.45, 2.75) is 0 Å². The molecule has 0 fully saturated rings. The summed E-state index contributed by atoms with van der Waals surface area (Å²) in [5.41, 5.74) is 1.64. The lowest BCUT2D eigenvalue weighted by Crippen LogP contribution is -2.00. The number of hydrogen-bond acceptors (Lipinski definition) is 3.